The number of nitrogens with one attached hydrogen (secondary N) is 1. The molecule has 1 rings (SSSR count). The molecule has 19 heavy (non-hydrogen) atoms. The van der Waals surface area contributed by atoms with E-state index in [9.17, 15) is 14.4 Å². The molecule has 102 valence electrons. The highest BCUT2D eigenvalue weighted by molar-refractivity contribution is 5.95. The number of carbonyl (C=O) groups excluding carboxylic acids is 3. The van der Waals surface area contributed by atoms with Crippen LogP contribution >= 0.6 is 0 Å². The molecular weight excluding hydrogens is 250 g/mol. The molecule has 0 saturated heterocycles. The molecule has 0 fully saturated rings. The Labute approximate surface area is 110 Å². The number of hydrogen-bond acceptors (Lipinski definition) is 5. The first-order valence-electron chi connectivity index (χ1n) is 5.60. The standard InChI is InChI=1S/C13H15NO5/c1-9(15)19-8-10-3-5-11(6-4-10)13(17)14-7-12(16)18-2/h3-6H,7-8H2,1-2H3,(H,14,17). The van der Waals surface area contributed by atoms with Crippen LogP contribution in [0.4, 0.5) is 0 Å². The molecule has 0 unspecified atom stereocenters. The summed E-state index contributed by atoms with van der Waals surface area (Å²) in [5, 5.41) is 2.42. The van der Waals surface area contributed by atoms with Gasteiger partial charge in [-0.3, -0.25) is 14.4 Å². The topological polar surface area (TPSA) is 81.7 Å². The van der Waals surface area contributed by atoms with Gasteiger partial charge in [0.05, 0.1) is 7.11 Å². The average molecular weight is 265 g/mol. The Morgan fingerprint density at radius 1 is 1.16 bits per heavy atom. The Balaban J connectivity index is 2.53. The van der Waals surface area contributed by atoms with Gasteiger partial charge in [-0.15, -0.1) is 0 Å². The third-order valence-corrected chi connectivity index (χ3v) is 2.28. The number of methoxy groups -OCH3 is 1. The van der Waals surface area contributed by atoms with Gasteiger partial charge in [-0.05, 0) is 17.7 Å². The fourth-order valence-electron chi connectivity index (χ4n) is 1.26. The molecule has 1 N–H and O–H groups in total. The van der Waals surface area contributed by atoms with Crippen LogP contribution in [0.15, 0.2) is 24.3 Å². The molecule has 0 aliphatic rings. The van der Waals surface area contributed by atoms with Crippen LogP contribution in [0, 0.1) is 0 Å². The highest BCUT2D eigenvalue weighted by Gasteiger charge is 2.08. The maximum absolute atomic E-state index is 11.6. The second-order valence-electron chi connectivity index (χ2n) is 3.74. The van der Waals surface area contributed by atoms with Crippen molar-refractivity contribution in [1.29, 1.82) is 0 Å². The number of ether oxygens (including phenoxy) is 2. The fourth-order valence-corrected chi connectivity index (χ4v) is 1.26. The lowest BCUT2D eigenvalue weighted by Gasteiger charge is -2.05. The first-order valence-corrected chi connectivity index (χ1v) is 5.60. The molecule has 0 radical (unpaired) electrons. The predicted molar refractivity (Wildman–Crippen MR) is 66.3 cm³/mol. The van der Waals surface area contributed by atoms with E-state index in [-0.39, 0.29) is 25.0 Å². The van der Waals surface area contributed by atoms with Crippen LogP contribution in [0.5, 0.6) is 0 Å². The molecular formula is C13H15NO5. The Kier molecular flexibility index (Phi) is 5.53. The first-order chi connectivity index (χ1) is 9.02. The number of esters is 2. The van der Waals surface area contributed by atoms with Gasteiger partial charge in [-0.25, -0.2) is 0 Å². The Morgan fingerprint density at radius 2 is 1.79 bits per heavy atom. The van der Waals surface area contributed by atoms with Gasteiger partial charge in [-0.1, -0.05) is 12.1 Å². The third kappa shape index (κ3) is 5.20. The van der Waals surface area contributed by atoms with Gasteiger partial charge in [-0.2, -0.15) is 0 Å². The van der Waals surface area contributed by atoms with Crippen molar-refractivity contribution in [3.05, 3.63) is 35.4 Å². The second kappa shape index (κ2) is 7.15. The van der Waals surface area contributed by atoms with E-state index in [0.29, 0.717) is 5.56 Å². The van der Waals surface area contributed by atoms with E-state index in [1.807, 2.05) is 0 Å². The molecule has 0 heterocycles. The maximum atomic E-state index is 11.6. The number of amides is 1. The van der Waals surface area contributed by atoms with E-state index < -0.39 is 5.97 Å². The van der Waals surface area contributed by atoms with Crippen LogP contribution in [0.1, 0.15) is 22.8 Å². The summed E-state index contributed by atoms with van der Waals surface area (Å²) in [5.41, 5.74) is 1.19. The molecule has 0 spiro atoms. The van der Waals surface area contributed by atoms with Crippen molar-refractivity contribution in [1.82, 2.24) is 5.32 Å². The van der Waals surface area contributed by atoms with E-state index in [0.717, 1.165) is 5.56 Å². The van der Waals surface area contributed by atoms with Crippen LogP contribution in [0.2, 0.25) is 0 Å². The summed E-state index contributed by atoms with van der Waals surface area (Å²) < 4.78 is 9.23. The van der Waals surface area contributed by atoms with E-state index in [4.69, 9.17) is 4.74 Å². The second-order valence-corrected chi connectivity index (χ2v) is 3.74. The highest BCUT2D eigenvalue weighted by atomic mass is 16.5. The van der Waals surface area contributed by atoms with Crippen LogP contribution in [0.3, 0.4) is 0 Å². The molecule has 1 aromatic rings. The summed E-state index contributed by atoms with van der Waals surface area (Å²) >= 11 is 0. The normalized spacial score (nSPS) is 9.58. The Bertz CT molecular complexity index is 466. The summed E-state index contributed by atoms with van der Waals surface area (Å²) in [5.74, 6) is -1.25. The highest BCUT2D eigenvalue weighted by Crippen LogP contribution is 2.06. The zero-order valence-electron chi connectivity index (χ0n) is 10.8. The Morgan fingerprint density at radius 3 is 2.32 bits per heavy atom. The molecule has 0 atom stereocenters. The predicted octanol–water partition coefficient (Wildman–Crippen LogP) is 0.652. The van der Waals surface area contributed by atoms with Gasteiger partial charge in [0.25, 0.3) is 5.91 Å². The quantitative estimate of drug-likeness (QED) is 0.790. The van der Waals surface area contributed by atoms with Crippen molar-refractivity contribution < 1.29 is 23.9 Å². The SMILES string of the molecule is COC(=O)CNC(=O)c1ccc(COC(C)=O)cc1. The molecule has 1 aromatic carbocycles. The summed E-state index contributed by atoms with van der Waals surface area (Å²) in [6.07, 6.45) is 0. The zero-order chi connectivity index (χ0) is 14.3. The van der Waals surface area contributed by atoms with Crippen LogP contribution in [0.25, 0.3) is 0 Å². The number of hydrogen-bond donors (Lipinski definition) is 1. The monoisotopic (exact) mass is 265 g/mol. The summed E-state index contributed by atoms with van der Waals surface area (Å²) in [6.45, 7) is 1.32. The lowest BCUT2D eigenvalue weighted by molar-refractivity contribution is -0.142. The average Bonchev–Trinajstić information content (AvgIpc) is 2.42. The largest absolute Gasteiger partial charge is 0.468 e. The van der Waals surface area contributed by atoms with Gasteiger partial charge in [0, 0.05) is 12.5 Å². The van der Waals surface area contributed by atoms with Crippen molar-refractivity contribution in [2.75, 3.05) is 13.7 Å². The van der Waals surface area contributed by atoms with Crippen molar-refractivity contribution in [3.63, 3.8) is 0 Å². The Hall–Kier alpha value is -2.37. The maximum Gasteiger partial charge on any atom is 0.325 e. The smallest absolute Gasteiger partial charge is 0.325 e. The molecule has 1 amide bonds. The van der Waals surface area contributed by atoms with E-state index in [1.54, 1.807) is 24.3 Å². The molecule has 0 bridgehead atoms. The van der Waals surface area contributed by atoms with Crippen LogP contribution < -0.4 is 5.32 Å². The van der Waals surface area contributed by atoms with E-state index in [1.165, 1.54) is 14.0 Å². The molecule has 6 heteroatoms. The molecule has 0 aliphatic heterocycles. The lowest BCUT2D eigenvalue weighted by atomic mass is 10.1. The van der Waals surface area contributed by atoms with Crippen molar-refractivity contribution >= 4 is 17.8 Å². The zero-order valence-corrected chi connectivity index (χ0v) is 10.8. The van der Waals surface area contributed by atoms with Crippen molar-refractivity contribution in [2.45, 2.75) is 13.5 Å². The summed E-state index contributed by atoms with van der Waals surface area (Å²) in [6, 6.07) is 6.53. The molecule has 0 aromatic heterocycles. The van der Waals surface area contributed by atoms with Gasteiger partial charge in [0.1, 0.15) is 13.2 Å². The summed E-state index contributed by atoms with van der Waals surface area (Å²) in [4.78, 5) is 33.1. The molecule has 0 aliphatic carbocycles. The van der Waals surface area contributed by atoms with E-state index in [2.05, 4.69) is 10.1 Å². The minimum Gasteiger partial charge on any atom is -0.468 e. The number of rotatable bonds is 5. The van der Waals surface area contributed by atoms with Gasteiger partial charge in [0.15, 0.2) is 0 Å². The molecule has 0 saturated carbocycles. The van der Waals surface area contributed by atoms with Gasteiger partial charge < -0.3 is 14.8 Å². The number of benzene rings is 1. The summed E-state index contributed by atoms with van der Waals surface area (Å²) in [7, 11) is 1.25. The van der Waals surface area contributed by atoms with Crippen LogP contribution in [-0.2, 0) is 25.7 Å². The van der Waals surface area contributed by atoms with Crippen molar-refractivity contribution in [3.8, 4) is 0 Å². The van der Waals surface area contributed by atoms with Gasteiger partial charge in [0.2, 0.25) is 0 Å². The third-order valence-electron chi connectivity index (χ3n) is 2.28. The molecule has 6 nitrogen and oxygen atoms in total. The minimum absolute atomic E-state index is 0.166. The fraction of sp³-hybridized carbons (Fsp3) is 0.308. The van der Waals surface area contributed by atoms with Gasteiger partial charge >= 0.3 is 11.9 Å². The minimum atomic E-state index is -0.514. The lowest BCUT2D eigenvalue weighted by Crippen LogP contribution is -2.30. The van der Waals surface area contributed by atoms with Crippen LogP contribution in [-0.4, -0.2) is 31.5 Å². The van der Waals surface area contributed by atoms with E-state index >= 15 is 0 Å². The van der Waals surface area contributed by atoms with Crippen molar-refractivity contribution in [2.24, 2.45) is 0 Å². The first kappa shape index (κ1) is 14.7. The number of carbonyl (C=O) groups is 3.